The van der Waals surface area contributed by atoms with Crippen LogP contribution in [0.1, 0.15) is 42.2 Å². The van der Waals surface area contributed by atoms with E-state index in [1.807, 2.05) is 0 Å². The van der Waals surface area contributed by atoms with Crippen molar-refractivity contribution >= 4 is 35.1 Å². The van der Waals surface area contributed by atoms with Crippen molar-refractivity contribution in [1.29, 1.82) is 0 Å². The van der Waals surface area contributed by atoms with Gasteiger partial charge >= 0.3 is 5.97 Å². The van der Waals surface area contributed by atoms with Gasteiger partial charge in [0.1, 0.15) is 0 Å². The van der Waals surface area contributed by atoms with Crippen LogP contribution in [0.4, 0.5) is 11.4 Å². The molecule has 0 saturated carbocycles. The van der Waals surface area contributed by atoms with Crippen LogP contribution in [0.3, 0.4) is 0 Å². The summed E-state index contributed by atoms with van der Waals surface area (Å²) in [6.45, 7) is 0.864. The molecule has 1 heterocycles. The predicted octanol–water partition coefficient (Wildman–Crippen LogP) is 3.49. The first-order valence-corrected chi connectivity index (χ1v) is 10.5. The Hall–Kier alpha value is -4.86. The highest BCUT2D eigenvalue weighted by molar-refractivity contribution is 6.21. The zero-order valence-corrected chi connectivity index (χ0v) is 18.5. The van der Waals surface area contributed by atoms with Gasteiger partial charge in [-0.15, -0.1) is 0 Å². The molecule has 1 N–H and O–H groups in total. The van der Waals surface area contributed by atoms with Crippen molar-refractivity contribution in [1.82, 2.24) is 4.90 Å². The van der Waals surface area contributed by atoms with E-state index in [0.717, 1.165) is 4.90 Å². The van der Waals surface area contributed by atoms with Crippen LogP contribution < -0.4 is 5.32 Å². The lowest BCUT2D eigenvalue weighted by Crippen LogP contribution is -2.29. The van der Waals surface area contributed by atoms with Gasteiger partial charge in [-0.1, -0.05) is 30.3 Å². The Kier molecular flexibility index (Phi) is 6.36. The molecule has 176 valence electrons. The summed E-state index contributed by atoms with van der Waals surface area (Å²) in [5.41, 5.74) is 1.70. The Balaban J connectivity index is 1.38. The van der Waals surface area contributed by atoms with E-state index in [1.165, 1.54) is 37.3 Å². The number of hydrogen-bond acceptors (Lipinski definition) is 7. The van der Waals surface area contributed by atoms with Crippen LogP contribution in [0.5, 0.6) is 0 Å². The average molecular weight is 473 g/mol. The third-order valence-corrected chi connectivity index (χ3v) is 5.49. The van der Waals surface area contributed by atoms with Gasteiger partial charge in [0.15, 0.2) is 6.61 Å². The molecule has 10 nitrogen and oxygen atoms in total. The van der Waals surface area contributed by atoms with Gasteiger partial charge in [-0.3, -0.25) is 29.4 Å². The van der Waals surface area contributed by atoms with Crippen LogP contribution in [0.2, 0.25) is 0 Å². The molecule has 1 aliphatic heterocycles. The van der Waals surface area contributed by atoms with E-state index < -0.39 is 35.2 Å². The zero-order valence-electron chi connectivity index (χ0n) is 18.5. The first-order valence-electron chi connectivity index (χ1n) is 10.5. The monoisotopic (exact) mass is 473 g/mol. The second-order valence-electron chi connectivity index (χ2n) is 7.77. The number of amides is 3. The van der Waals surface area contributed by atoms with Gasteiger partial charge in [0.05, 0.1) is 39.4 Å². The van der Waals surface area contributed by atoms with Crippen molar-refractivity contribution < 1.29 is 28.8 Å². The van der Waals surface area contributed by atoms with Crippen molar-refractivity contribution in [3.8, 4) is 0 Å². The maximum Gasteiger partial charge on any atom is 0.338 e. The van der Waals surface area contributed by atoms with Gasteiger partial charge in [-0.05, 0) is 42.8 Å². The van der Waals surface area contributed by atoms with Gasteiger partial charge in [0.25, 0.3) is 23.4 Å². The van der Waals surface area contributed by atoms with E-state index in [-0.39, 0.29) is 29.0 Å². The molecule has 0 unspecified atom stereocenters. The van der Waals surface area contributed by atoms with Gasteiger partial charge in [-0.25, -0.2) is 4.79 Å². The van der Waals surface area contributed by atoms with Crippen molar-refractivity contribution in [2.45, 2.75) is 13.5 Å². The summed E-state index contributed by atoms with van der Waals surface area (Å²) in [6.07, 6.45) is 0. The lowest BCUT2D eigenvalue weighted by Gasteiger charge is -2.14. The van der Waals surface area contributed by atoms with Crippen molar-refractivity contribution in [3.63, 3.8) is 0 Å². The summed E-state index contributed by atoms with van der Waals surface area (Å²) in [4.78, 5) is 61.4. The molecule has 0 radical (unpaired) electrons. The lowest BCUT2D eigenvalue weighted by atomic mass is 10.1. The van der Waals surface area contributed by atoms with Gasteiger partial charge < -0.3 is 10.1 Å². The molecule has 0 spiro atoms. The number of hydrogen-bond donors (Lipinski definition) is 1. The summed E-state index contributed by atoms with van der Waals surface area (Å²) >= 11 is 0. The van der Waals surface area contributed by atoms with Crippen LogP contribution in [-0.4, -0.2) is 40.1 Å². The molecular weight excluding hydrogens is 454 g/mol. The maximum absolute atomic E-state index is 12.6. The summed E-state index contributed by atoms with van der Waals surface area (Å²) in [6, 6.07) is 17.0. The molecule has 3 aromatic rings. The standard InChI is InChI=1S/C25H19N3O7/c1-15-20(10-5-11-21(15)28(33)34)26-22(29)14-35-25(32)17-7-4-6-16(12-17)13-27-23(30)18-8-2-3-9-19(18)24(27)31/h2-12H,13-14H2,1H3,(H,26,29). The second kappa shape index (κ2) is 9.56. The van der Waals surface area contributed by atoms with E-state index in [0.29, 0.717) is 16.7 Å². The molecular formula is C25H19N3O7. The molecule has 0 atom stereocenters. The number of esters is 1. The summed E-state index contributed by atoms with van der Waals surface area (Å²) in [5.74, 6) is -2.26. The Morgan fingerprint density at radius 3 is 2.29 bits per heavy atom. The minimum atomic E-state index is -0.778. The molecule has 10 heteroatoms. The topological polar surface area (TPSA) is 136 Å². The first-order chi connectivity index (χ1) is 16.8. The Morgan fingerprint density at radius 1 is 0.971 bits per heavy atom. The van der Waals surface area contributed by atoms with Crippen LogP contribution in [0.15, 0.2) is 66.7 Å². The molecule has 0 fully saturated rings. The molecule has 3 aromatic carbocycles. The van der Waals surface area contributed by atoms with Crippen LogP contribution in [0.25, 0.3) is 0 Å². The van der Waals surface area contributed by atoms with Crippen LogP contribution in [-0.2, 0) is 16.1 Å². The first kappa shape index (κ1) is 23.3. The van der Waals surface area contributed by atoms with E-state index in [4.69, 9.17) is 4.74 Å². The number of nitrogens with one attached hydrogen (secondary N) is 1. The average Bonchev–Trinajstić information content (AvgIpc) is 3.09. The lowest BCUT2D eigenvalue weighted by molar-refractivity contribution is -0.385. The van der Waals surface area contributed by atoms with E-state index >= 15 is 0 Å². The minimum Gasteiger partial charge on any atom is -0.452 e. The number of nitrogens with zero attached hydrogens (tertiary/aromatic N) is 2. The largest absolute Gasteiger partial charge is 0.452 e. The Labute approximate surface area is 199 Å². The van der Waals surface area contributed by atoms with Crippen LogP contribution >= 0.6 is 0 Å². The van der Waals surface area contributed by atoms with Crippen molar-refractivity contribution in [2.75, 3.05) is 11.9 Å². The fraction of sp³-hybridized carbons (Fsp3) is 0.120. The summed E-state index contributed by atoms with van der Waals surface area (Å²) < 4.78 is 5.07. The molecule has 3 amide bonds. The number of benzene rings is 3. The number of rotatable bonds is 7. The van der Waals surface area contributed by atoms with Gasteiger partial charge in [0, 0.05) is 6.07 Å². The highest BCUT2D eigenvalue weighted by Crippen LogP contribution is 2.26. The molecule has 0 aromatic heterocycles. The van der Waals surface area contributed by atoms with Gasteiger partial charge in [0.2, 0.25) is 0 Å². The maximum atomic E-state index is 12.6. The normalized spacial score (nSPS) is 12.3. The van der Waals surface area contributed by atoms with Crippen molar-refractivity contribution in [3.05, 3.63) is 105 Å². The van der Waals surface area contributed by atoms with Crippen molar-refractivity contribution in [2.24, 2.45) is 0 Å². The molecule has 35 heavy (non-hydrogen) atoms. The third kappa shape index (κ3) is 4.76. The highest BCUT2D eigenvalue weighted by Gasteiger charge is 2.35. The Bertz CT molecular complexity index is 1350. The molecule has 1 aliphatic rings. The second-order valence-corrected chi connectivity index (χ2v) is 7.77. The van der Waals surface area contributed by atoms with E-state index in [9.17, 15) is 29.3 Å². The van der Waals surface area contributed by atoms with Crippen LogP contribution in [0, 0.1) is 17.0 Å². The van der Waals surface area contributed by atoms with E-state index in [2.05, 4.69) is 5.32 Å². The quantitative estimate of drug-likeness (QED) is 0.240. The number of nitro groups is 1. The molecule has 4 rings (SSSR count). The van der Waals surface area contributed by atoms with E-state index in [1.54, 1.807) is 36.4 Å². The Morgan fingerprint density at radius 2 is 1.63 bits per heavy atom. The highest BCUT2D eigenvalue weighted by atomic mass is 16.6. The number of ether oxygens (including phenoxy) is 1. The van der Waals surface area contributed by atoms with Gasteiger partial charge in [-0.2, -0.15) is 0 Å². The number of imide groups is 1. The molecule has 0 aliphatic carbocycles. The number of carbonyl (C=O) groups excluding carboxylic acids is 4. The summed E-state index contributed by atoms with van der Waals surface area (Å²) in [7, 11) is 0. The summed E-state index contributed by atoms with van der Waals surface area (Å²) in [5, 5.41) is 13.5. The number of fused-ring (bicyclic) bond motifs is 1. The SMILES string of the molecule is Cc1c(NC(=O)COC(=O)c2cccc(CN3C(=O)c4ccccc4C3=O)c2)cccc1[N+](=O)[O-]. The predicted molar refractivity (Wildman–Crippen MR) is 124 cm³/mol. The third-order valence-electron chi connectivity index (χ3n) is 5.49. The number of nitro benzene ring substituents is 1. The smallest absolute Gasteiger partial charge is 0.338 e. The molecule has 0 bridgehead atoms. The fourth-order valence-corrected chi connectivity index (χ4v) is 3.72. The molecule has 0 saturated heterocycles. The number of carbonyl (C=O) groups is 4. The number of anilines is 1. The minimum absolute atomic E-state index is 0.0278. The zero-order chi connectivity index (χ0) is 25.1. The fourth-order valence-electron chi connectivity index (χ4n) is 3.72.